The van der Waals surface area contributed by atoms with Crippen molar-refractivity contribution < 1.29 is 28.5 Å². The summed E-state index contributed by atoms with van der Waals surface area (Å²) >= 11 is 0. The first kappa shape index (κ1) is 23.5. The number of methoxy groups -OCH3 is 2. The predicted molar refractivity (Wildman–Crippen MR) is 125 cm³/mol. The van der Waals surface area contributed by atoms with Crippen molar-refractivity contribution in [3.05, 3.63) is 83.2 Å². The molecule has 5 rings (SSSR count). The van der Waals surface area contributed by atoms with E-state index in [4.69, 9.17) is 19.3 Å². The number of carbonyl (C=O) groups is 1. The van der Waals surface area contributed by atoms with E-state index in [9.17, 15) is 9.18 Å². The Morgan fingerprint density at radius 3 is 2.78 bits per heavy atom. The van der Waals surface area contributed by atoms with Gasteiger partial charge in [-0.1, -0.05) is 12.1 Å². The van der Waals surface area contributed by atoms with Crippen LogP contribution in [0.2, 0.25) is 0 Å². The van der Waals surface area contributed by atoms with E-state index >= 15 is 0 Å². The lowest BCUT2D eigenvalue weighted by Crippen LogP contribution is -2.15. The zero-order valence-corrected chi connectivity index (χ0v) is 19.7. The van der Waals surface area contributed by atoms with E-state index in [0.717, 1.165) is 11.4 Å². The van der Waals surface area contributed by atoms with Crippen LogP contribution in [0.4, 0.5) is 4.39 Å². The number of rotatable bonds is 8. The van der Waals surface area contributed by atoms with Gasteiger partial charge in [-0.3, -0.25) is 4.79 Å². The van der Waals surface area contributed by atoms with Gasteiger partial charge in [-0.25, -0.2) is 4.39 Å². The normalized spacial score (nSPS) is 16.6. The molecule has 0 radical (unpaired) electrons. The molecule has 0 spiro atoms. The van der Waals surface area contributed by atoms with Crippen LogP contribution in [0, 0.1) is 5.82 Å². The molecule has 186 valence electrons. The van der Waals surface area contributed by atoms with Crippen molar-refractivity contribution in [2.45, 2.75) is 31.6 Å². The summed E-state index contributed by atoms with van der Waals surface area (Å²) < 4.78 is 34.4. The minimum absolute atomic E-state index is 0.134. The van der Waals surface area contributed by atoms with E-state index in [2.05, 4.69) is 15.4 Å². The smallest absolute Gasteiger partial charge is 0.311 e. The molecule has 1 aliphatic heterocycles. The van der Waals surface area contributed by atoms with Crippen LogP contribution in [0.5, 0.6) is 11.5 Å². The molecule has 3 heterocycles. The Hall–Kier alpha value is -4.25. The monoisotopic (exact) mass is 493 g/mol. The maximum atomic E-state index is 14.5. The third kappa shape index (κ3) is 4.40. The van der Waals surface area contributed by atoms with Gasteiger partial charge in [0.25, 0.3) is 0 Å². The summed E-state index contributed by atoms with van der Waals surface area (Å²) in [5.74, 6) is -0.236. The number of hydrogen-bond donors (Lipinski definition) is 1. The van der Waals surface area contributed by atoms with Gasteiger partial charge < -0.3 is 23.9 Å². The topological polar surface area (TPSA) is 114 Å². The lowest BCUT2D eigenvalue weighted by molar-refractivity contribution is -0.136. The van der Waals surface area contributed by atoms with E-state index in [1.165, 1.54) is 16.9 Å². The highest BCUT2D eigenvalue weighted by Gasteiger charge is 2.33. The SMILES string of the molecule is COc1cccc([C@@H]2O[C@@H](CCn3nnc(CC(=O)O)n3)c3cccn3-c3ccc(F)cc32)c1OC. The largest absolute Gasteiger partial charge is 0.493 e. The molecule has 0 saturated heterocycles. The summed E-state index contributed by atoms with van der Waals surface area (Å²) in [6.45, 7) is 0.329. The van der Waals surface area contributed by atoms with Gasteiger partial charge in [-0.15, -0.1) is 10.2 Å². The minimum atomic E-state index is -1.03. The molecule has 2 aromatic heterocycles. The zero-order valence-electron chi connectivity index (χ0n) is 19.7. The number of carboxylic acids is 1. The second kappa shape index (κ2) is 9.78. The average molecular weight is 493 g/mol. The molecular weight excluding hydrogens is 469 g/mol. The molecule has 10 nitrogen and oxygen atoms in total. The summed E-state index contributed by atoms with van der Waals surface area (Å²) in [5.41, 5.74) is 3.00. The fourth-order valence-electron chi connectivity index (χ4n) is 4.52. The number of para-hydroxylation sites is 1. The van der Waals surface area contributed by atoms with E-state index in [1.54, 1.807) is 26.4 Å². The number of ether oxygens (including phenoxy) is 3. The van der Waals surface area contributed by atoms with Gasteiger partial charge >= 0.3 is 5.97 Å². The molecule has 2 aromatic carbocycles. The molecule has 0 unspecified atom stereocenters. The number of aliphatic carboxylic acids is 1. The Bertz CT molecular complexity index is 1400. The van der Waals surface area contributed by atoms with Crippen molar-refractivity contribution >= 4 is 5.97 Å². The van der Waals surface area contributed by atoms with E-state index in [0.29, 0.717) is 35.6 Å². The molecule has 1 aliphatic rings. The number of benzene rings is 2. The molecule has 1 N–H and O–H groups in total. The molecule has 0 amide bonds. The quantitative estimate of drug-likeness (QED) is 0.397. The minimum Gasteiger partial charge on any atom is -0.493 e. The molecular formula is C25H24FN5O5. The van der Waals surface area contributed by atoms with Gasteiger partial charge in [0.1, 0.15) is 24.4 Å². The number of halogens is 1. The van der Waals surface area contributed by atoms with Gasteiger partial charge in [-0.05, 0) is 41.6 Å². The molecule has 0 fully saturated rings. The second-order valence-electron chi connectivity index (χ2n) is 8.25. The summed E-state index contributed by atoms with van der Waals surface area (Å²) in [6.07, 6.45) is 0.946. The van der Waals surface area contributed by atoms with Crippen molar-refractivity contribution in [1.29, 1.82) is 0 Å². The number of carboxylic acid groups (broad SMARTS) is 1. The molecule has 36 heavy (non-hydrogen) atoms. The van der Waals surface area contributed by atoms with Crippen LogP contribution in [0.25, 0.3) is 5.69 Å². The van der Waals surface area contributed by atoms with E-state index < -0.39 is 18.2 Å². The highest BCUT2D eigenvalue weighted by atomic mass is 19.1. The summed E-state index contributed by atoms with van der Waals surface area (Å²) in [6, 6.07) is 14.0. The van der Waals surface area contributed by atoms with E-state index in [1.807, 2.05) is 35.0 Å². The Balaban J connectivity index is 1.55. The van der Waals surface area contributed by atoms with Crippen LogP contribution in [-0.2, 0) is 22.5 Å². The van der Waals surface area contributed by atoms with Crippen LogP contribution in [0.1, 0.15) is 41.3 Å². The Morgan fingerprint density at radius 1 is 1.14 bits per heavy atom. The Labute approximate surface area is 205 Å². The number of hydrogen-bond acceptors (Lipinski definition) is 7. The van der Waals surface area contributed by atoms with Crippen molar-refractivity contribution in [1.82, 2.24) is 24.8 Å². The summed E-state index contributed by atoms with van der Waals surface area (Å²) in [5, 5.41) is 20.9. The van der Waals surface area contributed by atoms with Crippen LogP contribution in [0.3, 0.4) is 0 Å². The first-order valence-electron chi connectivity index (χ1n) is 11.3. The van der Waals surface area contributed by atoms with Crippen molar-refractivity contribution in [2.24, 2.45) is 0 Å². The highest BCUT2D eigenvalue weighted by molar-refractivity contribution is 5.68. The number of nitrogens with zero attached hydrogens (tertiary/aromatic N) is 5. The van der Waals surface area contributed by atoms with Crippen molar-refractivity contribution in [3.8, 4) is 17.2 Å². The number of aryl methyl sites for hydroxylation is 1. The van der Waals surface area contributed by atoms with Crippen molar-refractivity contribution in [2.75, 3.05) is 14.2 Å². The lowest BCUT2D eigenvalue weighted by Gasteiger charge is -2.25. The average Bonchev–Trinajstić information content (AvgIpc) is 3.51. The van der Waals surface area contributed by atoms with Gasteiger partial charge in [0, 0.05) is 23.7 Å². The fourth-order valence-corrected chi connectivity index (χ4v) is 4.52. The van der Waals surface area contributed by atoms with Crippen LogP contribution in [-0.4, -0.2) is 50.1 Å². The number of tetrazole rings is 1. The molecule has 11 heteroatoms. The highest BCUT2D eigenvalue weighted by Crippen LogP contribution is 2.46. The predicted octanol–water partition coefficient (Wildman–Crippen LogP) is 3.50. The van der Waals surface area contributed by atoms with Gasteiger partial charge in [0.15, 0.2) is 17.3 Å². The first-order valence-corrected chi connectivity index (χ1v) is 11.3. The van der Waals surface area contributed by atoms with Gasteiger partial charge in [0.2, 0.25) is 0 Å². The third-order valence-electron chi connectivity index (χ3n) is 6.05. The number of fused-ring (bicyclic) bond motifs is 3. The molecule has 0 bridgehead atoms. The maximum Gasteiger partial charge on any atom is 0.311 e. The number of aromatic nitrogens is 5. The molecule has 0 aliphatic carbocycles. The third-order valence-corrected chi connectivity index (χ3v) is 6.05. The fraction of sp³-hybridized carbons (Fsp3) is 0.280. The van der Waals surface area contributed by atoms with Crippen molar-refractivity contribution in [3.63, 3.8) is 0 Å². The molecule has 0 saturated carbocycles. The zero-order chi connectivity index (χ0) is 25.2. The van der Waals surface area contributed by atoms with Gasteiger partial charge in [-0.2, -0.15) is 4.80 Å². The second-order valence-corrected chi connectivity index (χ2v) is 8.25. The summed E-state index contributed by atoms with van der Waals surface area (Å²) in [4.78, 5) is 12.3. The van der Waals surface area contributed by atoms with E-state index in [-0.39, 0.29) is 18.1 Å². The van der Waals surface area contributed by atoms with Crippen LogP contribution < -0.4 is 9.47 Å². The summed E-state index contributed by atoms with van der Waals surface area (Å²) in [7, 11) is 3.11. The maximum absolute atomic E-state index is 14.5. The van der Waals surface area contributed by atoms with Gasteiger partial charge in [0.05, 0.1) is 32.1 Å². The molecule has 4 aromatic rings. The lowest BCUT2D eigenvalue weighted by atomic mass is 9.98. The Morgan fingerprint density at radius 2 is 2.00 bits per heavy atom. The standard InChI is InChI=1S/C25H24FN5O5/c1-34-21-7-3-5-16(25(21)35-2)24-17-13-15(26)8-9-18(17)30-11-4-6-19(30)20(36-24)10-12-31-28-22(27-29-31)14-23(32)33/h3-9,11,13,20,24H,10,12,14H2,1-2H3,(H,32,33)/t20-,24-/m0/s1. The first-order chi connectivity index (χ1) is 17.5. The Kier molecular flexibility index (Phi) is 6.38. The molecule has 2 atom stereocenters. The van der Waals surface area contributed by atoms with Crippen LogP contribution in [0.15, 0.2) is 54.7 Å². The van der Waals surface area contributed by atoms with Crippen LogP contribution >= 0.6 is 0 Å².